The molecule has 1 aromatic heterocycles. The van der Waals surface area contributed by atoms with Crippen LogP contribution >= 0.6 is 11.3 Å². The number of hydrogen-bond donors (Lipinski definition) is 2. The average molecular weight is 348 g/mol. The fraction of sp³-hybridized carbons (Fsp3) is 0.214. The lowest BCUT2D eigenvalue weighted by Gasteiger charge is -2.12. The van der Waals surface area contributed by atoms with Crippen LogP contribution in [0.5, 0.6) is 0 Å². The van der Waals surface area contributed by atoms with Crippen molar-refractivity contribution in [3.05, 3.63) is 46.3 Å². The van der Waals surface area contributed by atoms with Crippen molar-refractivity contribution in [2.45, 2.75) is 12.2 Å². The van der Waals surface area contributed by atoms with Gasteiger partial charge in [-0.2, -0.15) is 13.2 Å². The summed E-state index contributed by atoms with van der Waals surface area (Å²) in [5, 5.41) is 4.74. The Labute approximate surface area is 131 Å². The van der Waals surface area contributed by atoms with E-state index in [-0.39, 0.29) is 22.5 Å². The highest BCUT2D eigenvalue weighted by Gasteiger charge is 2.33. The molecule has 23 heavy (non-hydrogen) atoms. The van der Waals surface area contributed by atoms with Crippen LogP contribution in [-0.4, -0.2) is 12.6 Å². The largest absolute Gasteiger partial charge is 0.425 e. The van der Waals surface area contributed by atoms with Gasteiger partial charge in [0, 0.05) is 17.0 Å². The van der Waals surface area contributed by atoms with Gasteiger partial charge in [-0.1, -0.05) is 0 Å². The Balaban J connectivity index is 1.96. The average Bonchev–Trinajstić information content (AvgIpc) is 3.06. The molecule has 9 heteroatoms. The molecule has 1 aliphatic heterocycles. The van der Waals surface area contributed by atoms with E-state index in [9.17, 15) is 26.7 Å². The molecule has 1 aromatic carbocycles. The summed E-state index contributed by atoms with van der Waals surface area (Å²) in [5.41, 5.74) is -0.304. The predicted molar refractivity (Wildman–Crippen MR) is 73.9 cm³/mol. The van der Waals surface area contributed by atoms with Gasteiger partial charge in [-0.25, -0.2) is 13.6 Å². The fourth-order valence-corrected chi connectivity index (χ4v) is 3.19. The van der Waals surface area contributed by atoms with E-state index in [1.807, 2.05) is 0 Å². The third kappa shape index (κ3) is 3.00. The van der Waals surface area contributed by atoms with Crippen molar-refractivity contribution < 1.29 is 26.7 Å². The highest BCUT2D eigenvalue weighted by molar-refractivity contribution is 7.15. The fourth-order valence-electron chi connectivity index (χ4n) is 2.33. The van der Waals surface area contributed by atoms with E-state index in [1.54, 1.807) is 0 Å². The molecule has 2 heterocycles. The topological polar surface area (TPSA) is 41.1 Å². The normalized spacial score (nSPS) is 18.0. The lowest BCUT2D eigenvalue weighted by molar-refractivity contribution is -0.134. The molecule has 122 valence electrons. The summed E-state index contributed by atoms with van der Waals surface area (Å²) >= 11 is 0.408. The van der Waals surface area contributed by atoms with Crippen LogP contribution in [0.1, 0.15) is 16.5 Å². The van der Waals surface area contributed by atoms with E-state index < -0.39 is 34.8 Å². The van der Waals surface area contributed by atoms with Crippen molar-refractivity contribution in [1.29, 1.82) is 0 Å². The molecule has 1 aliphatic rings. The standard InChI is InChI=1S/C14H9F5N2OS/c15-7-3-6(10-1-2-11(23-10)14(17,18)19)4-8(16)12(7)9-5-20-13(22)21-9/h1-4,9H,5H2,(H2,20,21,22). The first-order valence-corrected chi connectivity index (χ1v) is 7.28. The van der Waals surface area contributed by atoms with Gasteiger partial charge in [-0.05, 0) is 29.8 Å². The van der Waals surface area contributed by atoms with Crippen molar-refractivity contribution in [2.75, 3.05) is 6.54 Å². The maximum absolute atomic E-state index is 14.2. The number of alkyl halides is 3. The maximum Gasteiger partial charge on any atom is 0.425 e. The molecule has 0 aliphatic carbocycles. The SMILES string of the molecule is O=C1NCC(c2c(F)cc(-c3ccc(C(F)(F)F)s3)cc2F)N1. The van der Waals surface area contributed by atoms with Crippen LogP contribution in [0.4, 0.5) is 26.7 Å². The van der Waals surface area contributed by atoms with Gasteiger partial charge in [-0.3, -0.25) is 0 Å². The Bertz CT molecular complexity index is 748. The van der Waals surface area contributed by atoms with Gasteiger partial charge in [0.1, 0.15) is 16.5 Å². The minimum Gasteiger partial charge on any atom is -0.336 e. The molecule has 0 radical (unpaired) electrons. The number of carbonyl (C=O) groups excluding carboxylic acids is 1. The molecule has 1 unspecified atom stereocenters. The van der Waals surface area contributed by atoms with Crippen LogP contribution in [0.15, 0.2) is 24.3 Å². The maximum atomic E-state index is 14.2. The van der Waals surface area contributed by atoms with Gasteiger partial charge in [0.15, 0.2) is 0 Å². The molecule has 0 bridgehead atoms. The van der Waals surface area contributed by atoms with Crippen LogP contribution in [-0.2, 0) is 6.18 Å². The molecule has 3 nitrogen and oxygen atoms in total. The Morgan fingerprint density at radius 1 is 1.13 bits per heavy atom. The summed E-state index contributed by atoms with van der Waals surface area (Å²) in [4.78, 5) is 10.3. The number of rotatable bonds is 2. The van der Waals surface area contributed by atoms with Crippen LogP contribution in [0.3, 0.4) is 0 Å². The number of hydrogen-bond acceptors (Lipinski definition) is 2. The van der Waals surface area contributed by atoms with E-state index in [2.05, 4.69) is 10.6 Å². The van der Waals surface area contributed by atoms with Crippen molar-refractivity contribution in [3.8, 4) is 10.4 Å². The van der Waals surface area contributed by atoms with E-state index >= 15 is 0 Å². The summed E-state index contributed by atoms with van der Waals surface area (Å²) in [5.74, 6) is -1.84. The molecule has 1 atom stereocenters. The van der Waals surface area contributed by atoms with Gasteiger partial charge in [-0.15, -0.1) is 11.3 Å². The van der Waals surface area contributed by atoms with Gasteiger partial charge in [0.25, 0.3) is 0 Å². The number of benzene rings is 1. The van der Waals surface area contributed by atoms with Crippen molar-refractivity contribution in [3.63, 3.8) is 0 Å². The molecule has 1 saturated heterocycles. The Morgan fingerprint density at radius 2 is 1.78 bits per heavy atom. The Morgan fingerprint density at radius 3 is 2.26 bits per heavy atom. The molecule has 1 fully saturated rings. The highest BCUT2D eigenvalue weighted by atomic mass is 32.1. The number of urea groups is 1. The molecular weight excluding hydrogens is 339 g/mol. The van der Waals surface area contributed by atoms with E-state index in [1.165, 1.54) is 6.07 Å². The van der Waals surface area contributed by atoms with Gasteiger partial charge >= 0.3 is 12.2 Å². The van der Waals surface area contributed by atoms with Crippen LogP contribution < -0.4 is 10.6 Å². The molecular formula is C14H9F5N2OS. The Kier molecular flexibility index (Phi) is 3.75. The second-order valence-corrected chi connectivity index (χ2v) is 6.01. The zero-order valence-electron chi connectivity index (χ0n) is 11.3. The predicted octanol–water partition coefficient (Wildman–Crippen LogP) is 4.07. The third-order valence-electron chi connectivity index (χ3n) is 3.37. The van der Waals surface area contributed by atoms with Crippen LogP contribution in [0, 0.1) is 11.6 Å². The number of amides is 2. The first-order valence-electron chi connectivity index (χ1n) is 6.46. The van der Waals surface area contributed by atoms with E-state index in [0.717, 1.165) is 18.2 Å². The van der Waals surface area contributed by atoms with Crippen molar-refractivity contribution in [2.24, 2.45) is 0 Å². The Hall–Kier alpha value is -2.16. The lowest BCUT2D eigenvalue weighted by atomic mass is 10.0. The second kappa shape index (κ2) is 5.48. The van der Waals surface area contributed by atoms with Crippen LogP contribution in [0.25, 0.3) is 10.4 Å². The molecule has 0 saturated carbocycles. The van der Waals surface area contributed by atoms with E-state index in [4.69, 9.17) is 0 Å². The summed E-state index contributed by atoms with van der Waals surface area (Å²) in [6.07, 6.45) is -4.50. The summed E-state index contributed by atoms with van der Waals surface area (Å²) in [6.45, 7) is 0.0310. The minimum absolute atomic E-state index is 0.0153. The molecule has 2 N–H and O–H groups in total. The van der Waals surface area contributed by atoms with Crippen LogP contribution in [0.2, 0.25) is 0 Å². The highest BCUT2D eigenvalue weighted by Crippen LogP contribution is 2.39. The van der Waals surface area contributed by atoms with Gasteiger partial charge in [0.2, 0.25) is 0 Å². The summed E-state index contributed by atoms with van der Waals surface area (Å²) in [6, 6.07) is 2.58. The van der Waals surface area contributed by atoms with Gasteiger partial charge < -0.3 is 10.6 Å². The molecule has 2 aromatic rings. The van der Waals surface area contributed by atoms with Gasteiger partial charge in [0.05, 0.1) is 6.04 Å². The molecule has 2 amide bonds. The van der Waals surface area contributed by atoms with Crippen molar-refractivity contribution >= 4 is 17.4 Å². The monoisotopic (exact) mass is 348 g/mol. The first kappa shape index (κ1) is 15.7. The summed E-state index contributed by atoms with van der Waals surface area (Å²) < 4.78 is 66.1. The second-order valence-electron chi connectivity index (χ2n) is 4.92. The first-order chi connectivity index (χ1) is 10.8. The zero-order chi connectivity index (χ0) is 16.8. The number of nitrogens with one attached hydrogen (secondary N) is 2. The van der Waals surface area contributed by atoms with Crippen molar-refractivity contribution in [1.82, 2.24) is 10.6 Å². The van der Waals surface area contributed by atoms with E-state index in [0.29, 0.717) is 11.3 Å². The number of thiophene rings is 1. The zero-order valence-corrected chi connectivity index (χ0v) is 12.1. The molecule has 3 rings (SSSR count). The summed E-state index contributed by atoms with van der Waals surface area (Å²) in [7, 11) is 0. The molecule has 0 spiro atoms. The third-order valence-corrected chi connectivity index (χ3v) is 4.55. The number of carbonyl (C=O) groups is 1. The smallest absolute Gasteiger partial charge is 0.336 e. The quantitative estimate of drug-likeness (QED) is 0.790. The number of halogens is 5. The minimum atomic E-state index is -4.50. The lowest BCUT2D eigenvalue weighted by Crippen LogP contribution is -2.22.